The molecule has 0 atom stereocenters. The van der Waals surface area contributed by atoms with E-state index in [9.17, 15) is 9.90 Å². The first-order chi connectivity index (χ1) is 7.87. The highest BCUT2D eigenvalue weighted by molar-refractivity contribution is 5.97. The van der Waals surface area contributed by atoms with Crippen LogP contribution in [-0.4, -0.2) is 23.1 Å². The van der Waals surface area contributed by atoms with E-state index in [0.29, 0.717) is 24.1 Å². The molecule has 0 heterocycles. The molecule has 0 radical (unpaired) electrons. The van der Waals surface area contributed by atoms with Crippen LogP contribution < -0.4 is 11.1 Å². The van der Waals surface area contributed by atoms with Crippen molar-refractivity contribution in [3.63, 3.8) is 0 Å². The summed E-state index contributed by atoms with van der Waals surface area (Å²) in [7, 11) is 0. The molecule has 1 amide bonds. The summed E-state index contributed by atoms with van der Waals surface area (Å²) >= 11 is 0. The minimum absolute atomic E-state index is 0.0357. The van der Waals surface area contributed by atoms with Crippen molar-refractivity contribution in [1.29, 1.82) is 0 Å². The fourth-order valence-electron chi connectivity index (χ4n) is 1.64. The van der Waals surface area contributed by atoms with Crippen molar-refractivity contribution in [1.82, 2.24) is 5.32 Å². The number of carbonyl (C=O) groups excluding carboxylic acids is 1. The lowest BCUT2D eigenvalue weighted by Gasteiger charge is -2.25. The topological polar surface area (TPSA) is 75.4 Å². The Morgan fingerprint density at radius 2 is 2.12 bits per heavy atom. The number of phenols is 1. The van der Waals surface area contributed by atoms with Crippen molar-refractivity contribution in [2.45, 2.75) is 32.7 Å². The van der Waals surface area contributed by atoms with Crippen LogP contribution in [0.3, 0.4) is 0 Å². The predicted octanol–water partition coefficient (Wildman–Crippen LogP) is 1.56. The fraction of sp³-hybridized carbons (Fsp3) is 0.462. The summed E-state index contributed by atoms with van der Waals surface area (Å²) in [5, 5.41) is 12.7. The van der Waals surface area contributed by atoms with Crippen LogP contribution in [0.5, 0.6) is 5.75 Å². The first kappa shape index (κ1) is 13.5. The van der Waals surface area contributed by atoms with Crippen molar-refractivity contribution in [2.75, 3.05) is 6.54 Å². The Balaban J connectivity index is 2.87. The van der Waals surface area contributed by atoms with Crippen LogP contribution in [0, 0.1) is 6.92 Å². The summed E-state index contributed by atoms with van der Waals surface area (Å²) < 4.78 is 0. The molecule has 4 nitrogen and oxygen atoms in total. The number of amides is 1. The van der Waals surface area contributed by atoms with Gasteiger partial charge in [-0.25, -0.2) is 0 Å². The van der Waals surface area contributed by atoms with Crippen molar-refractivity contribution in [3.8, 4) is 5.75 Å². The number of aryl methyl sites for hydroxylation is 1. The Hall–Kier alpha value is -1.55. The number of hydrogen-bond donors (Lipinski definition) is 3. The number of nitrogens with one attached hydrogen (secondary N) is 1. The van der Waals surface area contributed by atoms with Crippen molar-refractivity contribution in [2.24, 2.45) is 5.73 Å². The maximum atomic E-state index is 12.0. The van der Waals surface area contributed by atoms with E-state index in [0.717, 1.165) is 0 Å². The van der Waals surface area contributed by atoms with E-state index in [1.807, 2.05) is 13.8 Å². The van der Waals surface area contributed by atoms with Gasteiger partial charge in [0.2, 0.25) is 0 Å². The molecule has 94 valence electrons. The van der Waals surface area contributed by atoms with E-state index in [4.69, 9.17) is 5.73 Å². The molecule has 1 rings (SSSR count). The van der Waals surface area contributed by atoms with Gasteiger partial charge in [-0.2, -0.15) is 0 Å². The monoisotopic (exact) mass is 236 g/mol. The summed E-state index contributed by atoms with van der Waals surface area (Å²) in [6, 6.07) is 5.12. The van der Waals surface area contributed by atoms with Gasteiger partial charge < -0.3 is 16.2 Å². The zero-order valence-corrected chi connectivity index (χ0v) is 10.6. The van der Waals surface area contributed by atoms with E-state index in [2.05, 4.69) is 5.32 Å². The van der Waals surface area contributed by atoms with Crippen LogP contribution in [0.1, 0.15) is 36.2 Å². The maximum absolute atomic E-state index is 12.0. The lowest BCUT2D eigenvalue weighted by molar-refractivity contribution is 0.0907. The number of phenolic OH excluding ortho intramolecular Hbond substituents is 1. The van der Waals surface area contributed by atoms with Gasteiger partial charge in [0.05, 0.1) is 5.56 Å². The molecule has 0 aliphatic carbocycles. The zero-order chi connectivity index (χ0) is 13.1. The molecule has 1 aromatic rings. The molecule has 17 heavy (non-hydrogen) atoms. The minimum Gasteiger partial charge on any atom is -0.507 e. The number of rotatable bonds is 4. The van der Waals surface area contributed by atoms with E-state index in [1.165, 1.54) is 0 Å². The number of benzene rings is 1. The van der Waals surface area contributed by atoms with E-state index >= 15 is 0 Å². The summed E-state index contributed by atoms with van der Waals surface area (Å²) in [5.74, 6) is -0.238. The van der Waals surface area contributed by atoms with E-state index < -0.39 is 0 Å². The first-order valence-corrected chi connectivity index (χ1v) is 5.68. The molecule has 0 saturated carbocycles. The molecule has 4 heteroatoms. The van der Waals surface area contributed by atoms with Crippen LogP contribution in [0.2, 0.25) is 0 Å². The Bertz CT molecular complexity index is 414. The third-order valence-electron chi connectivity index (χ3n) is 2.70. The molecule has 1 aromatic carbocycles. The van der Waals surface area contributed by atoms with Gasteiger partial charge in [-0.15, -0.1) is 0 Å². The standard InChI is InChI=1S/C13H20N2O2/c1-9-5-4-6-10(11(9)16)12(17)15-13(2,3)7-8-14/h4-6,16H,7-8,14H2,1-3H3,(H,15,17). The number of carbonyl (C=O) groups is 1. The second kappa shape index (κ2) is 5.19. The highest BCUT2D eigenvalue weighted by Crippen LogP contribution is 2.22. The summed E-state index contributed by atoms with van der Waals surface area (Å²) in [6.07, 6.45) is 0.686. The van der Waals surface area contributed by atoms with Gasteiger partial charge in [-0.3, -0.25) is 4.79 Å². The van der Waals surface area contributed by atoms with Crippen LogP contribution >= 0.6 is 0 Å². The van der Waals surface area contributed by atoms with Crippen LogP contribution in [-0.2, 0) is 0 Å². The van der Waals surface area contributed by atoms with Crippen molar-refractivity contribution >= 4 is 5.91 Å². The molecule has 0 aliphatic rings. The highest BCUT2D eigenvalue weighted by atomic mass is 16.3. The van der Waals surface area contributed by atoms with Gasteiger partial charge in [0.1, 0.15) is 5.75 Å². The number of hydrogen-bond acceptors (Lipinski definition) is 3. The van der Waals surface area contributed by atoms with Gasteiger partial charge in [-0.1, -0.05) is 12.1 Å². The van der Waals surface area contributed by atoms with Gasteiger partial charge in [-0.05, 0) is 45.4 Å². The van der Waals surface area contributed by atoms with Crippen molar-refractivity contribution < 1.29 is 9.90 Å². The molecular weight excluding hydrogens is 216 g/mol. The zero-order valence-electron chi connectivity index (χ0n) is 10.6. The molecule has 0 unspecified atom stereocenters. The highest BCUT2D eigenvalue weighted by Gasteiger charge is 2.22. The third kappa shape index (κ3) is 3.46. The average Bonchev–Trinajstić information content (AvgIpc) is 2.21. The van der Waals surface area contributed by atoms with Crippen LogP contribution in [0.25, 0.3) is 0 Å². The molecule has 0 bridgehead atoms. The number of nitrogens with two attached hydrogens (primary N) is 1. The molecule has 0 spiro atoms. The lowest BCUT2D eigenvalue weighted by atomic mass is 9.99. The quantitative estimate of drug-likeness (QED) is 0.742. The van der Waals surface area contributed by atoms with Crippen LogP contribution in [0.4, 0.5) is 0 Å². The fourth-order valence-corrected chi connectivity index (χ4v) is 1.64. The van der Waals surface area contributed by atoms with Crippen LogP contribution in [0.15, 0.2) is 18.2 Å². The summed E-state index contributed by atoms with van der Waals surface area (Å²) in [4.78, 5) is 12.0. The predicted molar refractivity (Wildman–Crippen MR) is 68.1 cm³/mol. The van der Waals surface area contributed by atoms with E-state index in [1.54, 1.807) is 25.1 Å². The summed E-state index contributed by atoms with van der Waals surface area (Å²) in [5.41, 5.74) is 6.10. The molecule has 0 saturated heterocycles. The SMILES string of the molecule is Cc1cccc(C(=O)NC(C)(C)CCN)c1O. The first-order valence-electron chi connectivity index (χ1n) is 5.68. The normalized spacial score (nSPS) is 11.3. The maximum Gasteiger partial charge on any atom is 0.255 e. The summed E-state index contributed by atoms with van der Waals surface area (Å²) in [6.45, 7) is 6.08. The van der Waals surface area contributed by atoms with Crippen molar-refractivity contribution in [3.05, 3.63) is 29.3 Å². The van der Waals surface area contributed by atoms with Gasteiger partial charge in [0, 0.05) is 5.54 Å². The van der Waals surface area contributed by atoms with Gasteiger partial charge >= 0.3 is 0 Å². The Morgan fingerprint density at radius 1 is 1.47 bits per heavy atom. The Morgan fingerprint density at radius 3 is 2.71 bits per heavy atom. The molecule has 0 aliphatic heterocycles. The second-order valence-electron chi connectivity index (χ2n) is 4.85. The Kier molecular flexibility index (Phi) is 4.12. The second-order valence-corrected chi connectivity index (χ2v) is 4.85. The molecule has 0 fully saturated rings. The number of aromatic hydroxyl groups is 1. The average molecular weight is 236 g/mol. The third-order valence-corrected chi connectivity index (χ3v) is 2.70. The molecule has 0 aromatic heterocycles. The van der Waals surface area contributed by atoms with Gasteiger partial charge in [0.15, 0.2) is 0 Å². The lowest BCUT2D eigenvalue weighted by Crippen LogP contribution is -2.44. The minimum atomic E-state index is -0.373. The molecular formula is C13H20N2O2. The van der Waals surface area contributed by atoms with E-state index in [-0.39, 0.29) is 17.2 Å². The molecule has 4 N–H and O–H groups in total. The number of para-hydroxylation sites is 1. The van der Waals surface area contributed by atoms with Gasteiger partial charge in [0.25, 0.3) is 5.91 Å². The largest absolute Gasteiger partial charge is 0.507 e. The smallest absolute Gasteiger partial charge is 0.255 e. The Labute approximate surface area is 102 Å².